The summed E-state index contributed by atoms with van der Waals surface area (Å²) in [4.78, 5) is 25.9. The summed E-state index contributed by atoms with van der Waals surface area (Å²) in [5.74, 6) is -0.696. The van der Waals surface area contributed by atoms with Crippen LogP contribution in [0.2, 0.25) is 0 Å². The lowest BCUT2D eigenvalue weighted by atomic mass is 10.1. The Morgan fingerprint density at radius 1 is 1.06 bits per heavy atom. The zero-order valence-corrected chi connectivity index (χ0v) is 9.76. The van der Waals surface area contributed by atoms with E-state index in [0.29, 0.717) is 18.5 Å². The standard InChI is InChI=1S/C13H17NO3/c15-12(11-7-5-6-10-14-11)8-3-1-2-4-9-13(16)17/h5-7,10H,1-4,8-9H2,(H,16,17). The number of pyridine rings is 1. The van der Waals surface area contributed by atoms with Crippen LogP contribution in [0, 0.1) is 0 Å². The molecule has 0 aliphatic rings. The first-order chi connectivity index (χ1) is 8.20. The number of hydrogen-bond donors (Lipinski definition) is 1. The van der Waals surface area contributed by atoms with Crippen molar-refractivity contribution < 1.29 is 14.7 Å². The first kappa shape index (κ1) is 13.4. The second-order valence-corrected chi connectivity index (χ2v) is 3.95. The third-order valence-corrected chi connectivity index (χ3v) is 2.50. The molecule has 0 spiro atoms. The van der Waals surface area contributed by atoms with Crippen molar-refractivity contribution in [3.63, 3.8) is 0 Å². The normalized spacial score (nSPS) is 10.1. The third kappa shape index (κ3) is 5.80. The third-order valence-electron chi connectivity index (χ3n) is 2.50. The summed E-state index contributed by atoms with van der Waals surface area (Å²) in [7, 11) is 0. The molecule has 0 atom stereocenters. The summed E-state index contributed by atoms with van der Waals surface area (Å²) < 4.78 is 0. The molecule has 0 bridgehead atoms. The molecule has 1 heterocycles. The molecule has 1 aromatic rings. The van der Waals surface area contributed by atoms with E-state index in [9.17, 15) is 9.59 Å². The Morgan fingerprint density at radius 3 is 2.35 bits per heavy atom. The van der Waals surface area contributed by atoms with E-state index in [2.05, 4.69) is 4.98 Å². The van der Waals surface area contributed by atoms with E-state index >= 15 is 0 Å². The van der Waals surface area contributed by atoms with Crippen molar-refractivity contribution in [2.75, 3.05) is 0 Å². The maximum Gasteiger partial charge on any atom is 0.303 e. The smallest absolute Gasteiger partial charge is 0.303 e. The molecule has 0 aliphatic heterocycles. The number of hydrogen-bond acceptors (Lipinski definition) is 3. The molecule has 0 fully saturated rings. The molecule has 0 amide bonds. The van der Waals surface area contributed by atoms with Gasteiger partial charge in [0.05, 0.1) is 0 Å². The quantitative estimate of drug-likeness (QED) is 0.555. The molecule has 1 aromatic heterocycles. The second-order valence-electron chi connectivity index (χ2n) is 3.95. The molecule has 0 saturated heterocycles. The highest BCUT2D eigenvalue weighted by Crippen LogP contribution is 2.08. The lowest BCUT2D eigenvalue weighted by molar-refractivity contribution is -0.137. The Balaban J connectivity index is 2.11. The summed E-state index contributed by atoms with van der Waals surface area (Å²) in [6.07, 6.45) is 5.56. The Bertz CT molecular complexity index is 362. The molecule has 0 unspecified atom stereocenters. The highest BCUT2D eigenvalue weighted by molar-refractivity contribution is 5.94. The number of Topliss-reactive ketones (excluding diaryl/α,β-unsaturated/α-hetero) is 1. The molecule has 1 rings (SSSR count). The van der Waals surface area contributed by atoms with Crippen LogP contribution in [0.15, 0.2) is 24.4 Å². The minimum Gasteiger partial charge on any atom is -0.481 e. The fourth-order valence-electron chi connectivity index (χ4n) is 1.57. The SMILES string of the molecule is O=C(O)CCCCCCC(=O)c1ccccn1. The van der Waals surface area contributed by atoms with Gasteiger partial charge in [0.2, 0.25) is 0 Å². The number of carboxylic acids is 1. The molecule has 17 heavy (non-hydrogen) atoms. The Kier molecular flexibility index (Phi) is 5.93. The van der Waals surface area contributed by atoms with Gasteiger partial charge >= 0.3 is 5.97 Å². The van der Waals surface area contributed by atoms with Crippen LogP contribution in [0.4, 0.5) is 0 Å². The van der Waals surface area contributed by atoms with Crippen molar-refractivity contribution in [2.24, 2.45) is 0 Å². The molecular weight excluding hydrogens is 218 g/mol. The van der Waals surface area contributed by atoms with Gasteiger partial charge in [-0.2, -0.15) is 0 Å². The lowest BCUT2D eigenvalue weighted by Crippen LogP contribution is -2.01. The van der Waals surface area contributed by atoms with Crippen LogP contribution >= 0.6 is 0 Å². The van der Waals surface area contributed by atoms with E-state index in [1.54, 1.807) is 24.4 Å². The van der Waals surface area contributed by atoms with Crippen molar-refractivity contribution in [1.82, 2.24) is 4.98 Å². The van der Waals surface area contributed by atoms with Crippen molar-refractivity contribution >= 4 is 11.8 Å². The number of carbonyl (C=O) groups is 2. The van der Waals surface area contributed by atoms with Crippen LogP contribution in [0.3, 0.4) is 0 Å². The largest absolute Gasteiger partial charge is 0.481 e. The number of unbranched alkanes of at least 4 members (excludes halogenated alkanes) is 3. The minimum atomic E-state index is -0.755. The zero-order chi connectivity index (χ0) is 12.5. The van der Waals surface area contributed by atoms with E-state index in [-0.39, 0.29) is 12.2 Å². The van der Waals surface area contributed by atoms with Crippen molar-refractivity contribution in [2.45, 2.75) is 38.5 Å². The summed E-state index contributed by atoms with van der Waals surface area (Å²) in [5, 5.41) is 8.44. The summed E-state index contributed by atoms with van der Waals surface area (Å²) in [6.45, 7) is 0. The average molecular weight is 235 g/mol. The second kappa shape index (κ2) is 7.54. The van der Waals surface area contributed by atoms with Crippen molar-refractivity contribution in [1.29, 1.82) is 0 Å². The highest BCUT2D eigenvalue weighted by atomic mass is 16.4. The molecule has 1 N–H and O–H groups in total. The maximum absolute atomic E-state index is 11.6. The van der Waals surface area contributed by atoms with Gasteiger partial charge < -0.3 is 5.11 Å². The Hall–Kier alpha value is -1.71. The fraction of sp³-hybridized carbons (Fsp3) is 0.462. The predicted molar refractivity (Wildman–Crippen MR) is 63.9 cm³/mol. The number of aromatic nitrogens is 1. The topological polar surface area (TPSA) is 67.3 Å². The summed E-state index contributed by atoms with van der Waals surface area (Å²) in [5.41, 5.74) is 0.512. The van der Waals surface area contributed by atoms with Crippen LogP contribution in [0.1, 0.15) is 49.0 Å². The predicted octanol–water partition coefficient (Wildman–Crippen LogP) is 2.69. The van der Waals surface area contributed by atoms with Gasteiger partial charge in [-0.15, -0.1) is 0 Å². The lowest BCUT2D eigenvalue weighted by Gasteiger charge is -2.00. The van der Waals surface area contributed by atoms with Gasteiger partial charge in [-0.1, -0.05) is 18.9 Å². The first-order valence-electron chi connectivity index (χ1n) is 5.86. The Morgan fingerprint density at radius 2 is 1.76 bits per heavy atom. The monoisotopic (exact) mass is 235 g/mol. The number of carbonyl (C=O) groups excluding carboxylic acids is 1. The van der Waals surface area contributed by atoms with Crippen LogP contribution in [0.5, 0.6) is 0 Å². The molecule has 4 nitrogen and oxygen atoms in total. The molecule has 0 aliphatic carbocycles. The van der Waals surface area contributed by atoms with Crippen molar-refractivity contribution in [3.05, 3.63) is 30.1 Å². The summed E-state index contributed by atoms with van der Waals surface area (Å²) in [6, 6.07) is 5.29. The molecule has 0 radical (unpaired) electrons. The molecule has 92 valence electrons. The van der Waals surface area contributed by atoms with Gasteiger partial charge in [0.25, 0.3) is 0 Å². The zero-order valence-electron chi connectivity index (χ0n) is 9.76. The molecule has 4 heteroatoms. The molecular formula is C13H17NO3. The number of nitrogens with zero attached hydrogens (tertiary/aromatic N) is 1. The number of aliphatic carboxylic acids is 1. The minimum absolute atomic E-state index is 0.0591. The molecule has 0 saturated carbocycles. The van der Waals surface area contributed by atoms with E-state index in [1.807, 2.05) is 0 Å². The van der Waals surface area contributed by atoms with Gasteiger partial charge in [0.1, 0.15) is 5.69 Å². The molecule has 0 aromatic carbocycles. The average Bonchev–Trinajstić information content (AvgIpc) is 2.34. The van der Waals surface area contributed by atoms with Gasteiger partial charge in [0, 0.05) is 19.0 Å². The van der Waals surface area contributed by atoms with E-state index in [4.69, 9.17) is 5.11 Å². The van der Waals surface area contributed by atoms with Gasteiger partial charge in [-0.25, -0.2) is 0 Å². The van der Waals surface area contributed by atoms with E-state index in [0.717, 1.165) is 19.3 Å². The number of ketones is 1. The van der Waals surface area contributed by atoms with Crippen LogP contribution in [-0.4, -0.2) is 21.8 Å². The maximum atomic E-state index is 11.6. The van der Waals surface area contributed by atoms with Gasteiger partial charge in [0.15, 0.2) is 5.78 Å². The first-order valence-corrected chi connectivity index (χ1v) is 5.86. The van der Waals surface area contributed by atoms with Crippen LogP contribution in [-0.2, 0) is 4.79 Å². The number of rotatable bonds is 8. The van der Waals surface area contributed by atoms with Gasteiger partial charge in [-0.3, -0.25) is 14.6 Å². The fourth-order valence-corrected chi connectivity index (χ4v) is 1.57. The summed E-state index contributed by atoms with van der Waals surface area (Å²) >= 11 is 0. The highest BCUT2D eigenvalue weighted by Gasteiger charge is 2.05. The van der Waals surface area contributed by atoms with Crippen molar-refractivity contribution in [3.8, 4) is 0 Å². The van der Waals surface area contributed by atoms with Gasteiger partial charge in [-0.05, 0) is 25.0 Å². The van der Waals surface area contributed by atoms with E-state index in [1.165, 1.54) is 0 Å². The Labute approximate surface area is 101 Å². The van der Waals surface area contributed by atoms with Crippen LogP contribution in [0.25, 0.3) is 0 Å². The number of carboxylic acid groups (broad SMARTS) is 1. The van der Waals surface area contributed by atoms with Crippen LogP contribution < -0.4 is 0 Å². The van der Waals surface area contributed by atoms with E-state index < -0.39 is 5.97 Å².